The van der Waals surface area contributed by atoms with E-state index in [1.807, 2.05) is 42.1 Å². The van der Waals surface area contributed by atoms with Gasteiger partial charge in [-0.25, -0.2) is 0 Å². The van der Waals surface area contributed by atoms with E-state index >= 15 is 0 Å². The molecule has 0 radical (unpaired) electrons. The van der Waals surface area contributed by atoms with Crippen LogP contribution in [0.2, 0.25) is 0 Å². The minimum Gasteiger partial charge on any atom is -0.468 e. The molecule has 0 spiro atoms. The van der Waals surface area contributed by atoms with Crippen LogP contribution in [0.5, 0.6) is 0 Å². The van der Waals surface area contributed by atoms with E-state index in [4.69, 9.17) is 4.74 Å². The fraction of sp³-hybridized carbons (Fsp3) is 0.211. The standard InChI is InChI=1S/C19H16F3NO2/c1-23-11-15(14-5-3-4-6-16(14)23)17(18(24)25-2)12-7-9-13(10-8-12)19(20,21)22/h3-11,17H,1-2H3. The number of para-hydroxylation sites is 1. The zero-order valence-corrected chi connectivity index (χ0v) is 13.7. The summed E-state index contributed by atoms with van der Waals surface area (Å²) in [5.74, 6) is -1.31. The average Bonchev–Trinajstić information content (AvgIpc) is 2.92. The molecule has 25 heavy (non-hydrogen) atoms. The Labute approximate surface area is 142 Å². The third-order valence-electron chi connectivity index (χ3n) is 4.25. The topological polar surface area (TPSA) is 31.2 Å². The third-order valence-corrected chi connectivity index (χ3v) is 4.25. The third kappa shape index (κ3) is 3.12. The molecule has 0 saturated carbocycles. The van der Waals surface area contributed by atoms with Crippen molar-refractivity contribution in [2.75, 3.05) is 7.11 Å². The van der Waals surface area contributed by atoms with Crippen molar-refractivity contribution in [1.29, 1.82) is 0 Å². The maximum atomic E-state index is 12.8. The van der Waals surface area contributed by atoms with Gasteiger partial charge in [-0.1, -0.05) is 30.3 Å². The number of methoxy groups -OCH3 is 1. The predicted octanol–water partition coefficient (Wildman–Crippen LogP) is 4.50. The zero-order chi connectivity index (χ0) is 18.2. The van der Waals surface area contributed by atoms with Crippen molar-refractivity contribution in [3.8, 4) is 0 Å². The summed E-state index contributed by atoms with van der Waals surface area (Å²) >= 11 is 0. The van der Waals surface area contributed by atoms with Crippen molar-refractivity contribution >= 4 is 16.9 Å². The monoisotopic (exact) mass is 347 g/mol. The molecule has 3 nitrogen and oxygen atoms in total. The number of alkyl halides is 3. The number of carbonyl (C=O) groups is 1. The Balaban J connectivity index is 2.14. The van der Waals surface area contributed by atoms with Gasteiger partial charge in [0, 0.05) is 24.1 Å². The van der Waals surface area contributed by atoms with Crippen molar-refractivity contribution < 1.29 is 22.7 Å². The molecule has 1 heterocycles. The molecule has 3 aromatic rings. The Morgan fingerprint density at radius 2 is 1.72 bits per heavy atom. The van der Waals surface area contributed by atoms with Crippen LogP contribution in [0.1, 0.15) is 22.6 Å². The zero-order valence-electron chi connectivity index (χ0n) is 13.7. The Bertz CT molecular complexity index is 911. The fourth-order valence-electron chi connectivity index (χ4n) is 3.03. The summed E-state index contributed by atoms with van der Waals surface area (Å²) in [6.45, 7) is 0. The van der Waals surface area contributed by atoms with Gasteiger partial charge in [0.25, 0.3) is 0 Å². The number of esters is 1. The number of aryl methyl sites for hydroxylation is 1. The summed E-state index contributed by atoms with van der Waals surface area (Å²) in [5, 5.41) is 0.861. The second kappa shape index (κ2) is 6.27. The highest BCUT2D eigenvalue weighted by atomic mass is 19.4. The van der Waals surface area contributed by atoms with Gasteiger partial charge in [-0.3, -0.25) is 4.79 Å². The fourth-order valence-corrected chi connectivity index (χ4v) is 3.03. The summed E-state index contributed by atoms with van der Waals surface area (Å²) in [4.78, 5) is 12.4. The number of nitrogens with zero attached hydrogens (tertiary/aromatic N) is 1. The summed E-state index contributed by atoms with van der Waals surface area (Å²) in [6.07, 6.45) is -2.61. The first kappa shape index (κ1) is 17.1. The lowest BCUT2D eigenvalue weighted by Gasteiger charge is -2.16. The number of halogens is 3. The van der Waals surface area contributed by atoms with Gasteiger partial charge in [0.15, 0.2) is 0 Å². The highest BCUT2D eigenvalue weighted by Crippen LogP contribution is 2.35. The number of fused-ring (bicyclic) bond motifs is 1. The maximum absolute atomic E-state index is 12.8. The van der Waals surface area contributed by atoms with Crippen LogP contribution in [-0.4, -0.2) is 17.6 Å². The highest BCUT2D eigenvalue weighted by molar-refractivity contribution is 5.92. The number of hydrogen-bond acceptors (Lipinski definition) is 2. The molecule has 6 heteroatoms. The van der Waals surface area contributed by atoms with E-state index in [0.29, 0.717) is 11.1 Å². The number of ether oxygens (including phenoxy) is 1. The molecule has 1 atom stereocenters. The summed E-state index contributed by atoms with van der Waals surface area (Å²) in [6, 6.07) is 12.2. The Hall–Kier alpha value is -2.76. The Morgan fingerprint density at radius 3 is 2.32 bits per heavy atom. The van der Waals surface area contributed by atoms with E-state index in [2.05, 4.69) is 0 Å². The van der Waals surface area contributed by atoms with Crippen molar-refractivity contribution in [2.24, 2.45) is 7.05 Å². The van der Waals surface area contributed by atoms with Gasteiger partial charge in [-0.15, -0.1) is 0 Å². The molecule has 0 N–H and O–H groups in total. The summed E-state index contributed by atoms with van der Waals surface area (Å²) < 4.78 is 45.1. The van der Waals surface area contributed by atoms with Crippen molar-refractivity contribution in [1.82, 2.24) is 4.57 Å². The summed E-state index contributed by atoms with van der Waals surface area (Å²) in [7, 11) is 3.12. The Morgan fingerprint density at radius 1 is 1.08 bits per heavy atom. The number of rotatable bonds is 3. The largest absolute Gasteiger partial charge is 0.468 e. The maximum Gasteiger partial charge on any atom is 0.416 e. The molecule has 130 valence electrons. The van der Waals surface area contributed by atoms with Crippen LogP contribution in [0.15, 0.2) is 54.7 Å². The lowest BCUT2D eigenvalue weighted by atomic mass is 9.90. The molecule has 1 unspecified atom stereocenters. The van der Waals surface area contributed by atoms with Crippen molar-refractivity contribution in [3.05, 3.63) is 71.4 Å². The minimum atomic E-state index is -4.42. The normalized spacial score (nSPS) is 13.0. The lowest BCUT2D eigenvalue weighted by molar-refractivity contribution is -0.141. The van der Waals surface area contributed by atoms with Crippen LogP contribution in [0.3, 0.4) is 0 Å². The van der Waals surface area contributed by atoms with Crippen LogP contribution in [0, 0.1) is 0 Å². The molecule has 0 saturated heterocycles. The lowest BCUT2D eigenvalue weighted by Crippen LogP contribution is -2.16. The molecule has 1 aromatic heterocycles. The van der Waals surface area contributed by atoms with Gasteiger partial charge < -0.3 is 9.30 Å². The van der Waals surface area contributed by atoms with Crippen LogP contribution in [0.25, 0.3) is 10.9 Å². The highest BCUT2D eigenvalue weighted by Gasteiger charge is 2.32. The van der Waals surface area contributed by atoms with Crippen LogP contribution >= 0.6 is 0 Å². The van der Waals surface area contributed by atoms with E-state index in [9.17, 15) is 18.0 Å². The number of benzene rings is 2. The first-order valence-corrected chi connectivity index (χ1v) is 7.62. The molecular formula is C19H16F3NO2. The first-order chi connectivity index (χ1) is 11.8. The van der Waals surface area contributed by atoms with Gasteiger partial charge in [0.1, 0.15) is 5.92 Å². The van der Waals surface area contributed by atoms with E-state index in [1.54, 1.807) is 0 Å². The van der Waals surface area contributed by atoms with Crippen LogP contribution in [0.4, 0.5) is 13.2 Å². The van der Waals surface area contributed by atoms with Gasteiger partial charge in [0.05, 0.1) is 12.7 Å². The van der Waals surface area contributed by atoms with E-state index < -0.39 is 23.6 Å². The number of carbonyl (C=O) groups excluding carboxylic acids is 1. The molecule has 0 aliphatic heterocycles. The number of hydrogen-bond donors (Lipinski definition) is 0. The van der Waals surface area contributed by atoms with Gasteiger partial charge in [0.2, 0.25) is 0 Å². The van der Waals surface area contributed by atoms with Crippen LogP contribution < -0.4 is 0 Å². The predicted molar refractivity (Wildman–Crippen MR) is 88.2 cm³/mol. The SMILES string of the molecule is COC(=O)C(c1ccc(C(F)(F)F)cc1)c1cn(C)c2ccccc12. The Kier molecular flexibility index (Phi) is 4.29. The molecule has 0 fully saturated rings. The van der Waals surface area contributed by atoms with Crippen LogP contribution in [-0.2, 0) is 22.8 Å². The van der Waals surface area contributed by atoms with E-state index in [1.165, 1.54) is 19.2 Å². The second-order valence-corrected chi connectivity index (χ2v) is 5.79. The average molecular weight is 347 g/mol. The van der Waals surface area contributed by atoms with Crippen molar-refractivity contribution in [2.45, 2.75) is 12.1 Å². The molecule has 2 aromatic carbocycles. The molecule has 0 aliphatic rings. The van der Waals surface area contributed by atoms with E-state index in [-0.39, 0.29) is 0 Å². The van der Waals surface area contributed by atoms with Gasteiger partial charge >= 0.3 is 12.1 Å². The molecule has 3 rings (SSSR count). The molecule has 0 aliphatic carbocycles. The minimum absolute atomic E-state index is 0.455. The molecule has 0 bridgehead atoms. The smallest absolute Gasteiger partial charge is 0.416 e. The van der Waals surface area contributed by atoms with Gasteiger partial charge in [-0.05, 0) is 29.3 Å². The second-order valence-electron chi connectivity index (χ2n) is 5.79. The number of aromatic nitrogens is 1. The quantitative estimate of drug-likeness (QED) is 0.653. The first-order valence-electron chi connectivity index (χ1n) is 7.62. The molecule has 0 amide bonds. The summed E-state index contributed by atoms with van der Waals surface area (Å²) in [5.41, 5.74) is 1.33. The molecular weight excluding hydrogens is 331 g/mol. The van der Waals surface area contributed by atoms with Crippen molar-refractivity contribution in [3.63, 3.8) is 0 Å². The van der Waals surface area contributed by atoms with Gasteiger partial charge in [-0.2, -0.15) is 13.2 Å². The van der Waals surface area contributed by atoms with E-state index in [0.717, 1.165) is 23.0 Å².